The Morgan fingerprint density at radius 2 is 2.15 bits per heavy atom. The maximum Gasteiger partial charge on any atom is 0.273 e. The van der Waals surface area contributed by atoms with Crippen LogP contribution in [0.4, 0.5) is 0 Å². The first-order chi connectivity index (χ1) is 12.5. The summed E-state index contributed by atoms with van der Waals surface area (Å²) in [5.74, 6) is 0.324. The maximum absolute atomic E-state index is 13.0. The quantitative estimate of drug-likeness (QED) is 0.602. The van der Waals surface area contributed by atoms with Gasteiger partial charge in [-0.1, -0.05) is 38.1 Å². The summed E-state index contributed by atoms with van der Waals surface area (Å²) in [4.78, 5) is 23.7. The average molecular weight is 430 g/mol. The normalized spacial score (nSPS) is 14.9. The Kier molecular flexibility index (Phi) is 4.71. The molecule has 1 aliphatic heterocycles. The minimum Gasteiger partial charge on any atom is -0.361 e. The van der Waals surface area contributed by atoms with E-state index in [1.807, 2.05) is 11.0 Å². The van der Waals surface area contributed by atoms with Gasteiger partial charge in [-0.2, -0.15) is 0 Å². The molecule has 3 aromatic rings. The summed E-state index contributed by atoms with van der Waals surface area (Å²) >= 11 is 4.98. The zero-order chi connectivity index (χ0) is 18.3. The molecule has 3 heterocycles. The number of rotatable bonds is 3. The van der Waals surface area contributed by atoms with E-state index in [-0.39, 0.29) is 5.91 Å². The van der Waals surface area contributed by atoms with Crippen molar-refractivity contribution in [2.45, 2.75) is 26.2 Å². The van der Waals surface area contributed by atoms with E-state index in [0.29, 0.717) is 18.2 Å². The summed E-state index contributed by atoms with van der Waals surface area (Å²) in [7, 11) is 0. The summed E-state index contributed by atoms with van der Waals surface area (Å²) in [6.45, 7) is 5.54. The molecule has 1 amide bonds. The van der Waals surface area contributed by atoms with Crippen LogP contribution < -0.4 is 0 Å². The second kappa shape index (κ2) is 7.00. The van der Waals surface area contributed by atoms with E-state index in [1.54, 1.807) is 11.3 Å². The molecule has 0 spiro atoms. The number of hydrogen-bond acceptors (Lipinski definition) is 3. The Bertz CT molecular complexity index is 1000. The van der Waals surface area contributed by atoms with Gasteiger partial charge in [0.25, 0.3) is 5.91 Å². The van der Waals surface area contributed by atoms with E-state index in [4.69, 9.17) is 0 Å². The standard InChI is InChI=1S/C20H20BrN3OS/c1-12(2)18-17(23-20(21)26-18)19(25)24-9-7-13(8-10-24)15-11-22-16-6-4-3-5-14(15)16/h3-7,11-12,22H,8-10H2,1-2H3. The van der Waals surface area contributed by atoms with Crippen molar-refractivity contribution in [3.8, 4) is 0 Å². The topological polar surface area (TPSA) is 49.0 Å². The lowest BCUT2D eigenvalue weighted by molar-refractivity contribution is 0.0766. The predicted molar refractivity (Wildman–Crippen MR) is 111 cm³/mol. The van der Waals surface area contributed by atoms with Crippen molar-refractivity contribution in [1.29, 1.82) is 0 Å². The lowest BCUT2D eigenvalue weighted by Crippen LogP contribution is -2.35. The number of amides is 1. The number of hydrogen-bond donors (Lipinski definition) is 1. The molecule has 0 saturated heterocycles. The van der Waals surface area contributed by atoms with Gasteiger partial charge >= 0.3 is 0 Å². The molecule has 0 fully saturated rings. The molecule has 0 saturated carbocycles. The Hall–Kier alpha value is -1.92. The van der Waals surface area contributed by atoms with Crippen LogP contribution in [0.1, 0.15) is 47.1 Å². The molecule has 1 N–H and O–H groups in total. The molecule has 26 heavy (non-hydrogen) atoms. The summed E-state index contributed by atoms with van der Waals surface area (Å²) in [5, 5.41) is 1.24. The van der Waals surface area contributed by atoms with Crippen LogP contribution in [0.5, 0.6) is 0 Å². The van der Waals surface area contributed by atoms with E-state index in [9.17, 15) is 4.79 Å². The van der Waals surface area contributed by atoms with Crippen molar-refractivity contribution in [2.75, 3.05) is 13.1 Å². The van der Waals surface area contributed by atoms with Crippen molar-refractivity contribution in [1.82, 2.24) is 14.9 Å². The minimum atomic E-state index is 0.0323. The van der Waals surface area contributed by atoms with Crippen LogP contribution in [-0.2, 0) is 0 Å². The van der Waals surface area contributed by atoms with Crippen molar-refractivity contribution in [2.24, 2.45) is 0 Å². The zero-order valence-corrected chi connectivity index (χ0v) is 17.2. The third kappa shape index (κ3) is 3.12. The first-order valence-corrected chi connectivity index (χ1v) is 10.4. The lowest BCUT2D eigenvalue weighted by atomic mass is 9.98. The Balaban J connectivity index is 1.57. The van der Waals surface area contributed by atoms with Gasteiger partial charge in [0.15, 0.2) is 3.92 Å². The highest BCUT2D eigenvalue weighted by molar-refractivity contribution is 9.11. The third-order valence-corrected chi connectivity index (χ3v) is 6.59. The second-order valence-electron chi connectivity index (χ2n) is 6.81. The fraction of sp³-hybridized carbons (Fsp3) is 0.300. The SMILES string of the molecule is CC(C)c1sc(Br)nc1C(=O)N1CC=C(c2c[nH]c3ccccc23)CC1. The number of carbonyl (C=O) groups is 1. The summed E-state index contributed by atoms with van der Waals surface area (Å²) < 4.78 is 0.775. The van der Waals surface area contributed by atoms with Crippen LogP contribution in [0.25, 0.3) is 16.5 Å². The molecular weight excluding hydrogens is 410 g/mol. The maximum atomic E-state index is 13.0. The van der Waals surface area contributed by atoms with Gasteiger partial charge in [-0.05, 0) is 39.9 Å². The number of aromatic nitrogens is 2. The van der Waals surface area contributed by atoms with E-state index < -0.39 is 0 Å². The summed E-state index contributed by atoms with van der Waals surface area (Å²) in [5.41, 5.74) is 4.29. The van der Waals surface area contributed by atoms with Gasteiger partial charge in [0, 0.05) is 40.6 Å². The van der Waals surface area contributed by atoms with Gasteiger partial charge in [-0.3, -0.25) is 4.79 Å². The average Bonchev–Trinajstić information content (AvgIpc) is 3.25. The first kappa shape index (κ1) is 17.5. The molecule has 1 aliphatic rings. The smallest absolute Gasteiger partial charge is 0.273 e. The Morgan fingerprint density at radius 3 is 2.88 bits per heavy atom. The van der Waals surface area contributed by atoms with Gasteiger partial charge in [-0.25, -0.2) is 4.98 Å². The second-order valence-corrected chi connectivity index (χ2v) is 9.12. The fourth-order valence-electron chi connectivity index (χ4n) is 3.43. The van der Waals surface area contributed by atoms with Crippen molar-refractivity contribution < 1.29 is 4.79 Å². The number of aromatic amines is 1. The number of para-hydroxylation sites is 1. The van der Waals surface area contributed by atoms with E-state index in [0.717, 1.165) is 27.3 Å². The zero-order valence-electron chi connectivity index (χ0n) is 14.8. The molecule has 2 aromatic heterocycles. The van der Waals surface area contributed by atoms with Gasteiger partial charge in [0.05, 0.1) is 0 Å². The fourth-order valence-corrected chi connectivity index (χ4v) is 4.92. The van der Waals surface area contributed by atoms with Crippen LogP contribution in [0.3, 0.4) is 0 Å². The number of nitrogens with zero attached hydrogens (tertiary/aromatic N) is 2. The van der Waals surface area contributed by atoms with Gasteiger partial charge in [0.1, 0.15) is 5.69 Å². The summed E-state index contributed by atoms with van der Waals surface area (Å²) in [6, 6.07) is 8.33. The molecule has 0 bridgehead atoms. The first-order valence-electron chi connectivity index (χ1n) is 8.75. The highest BCUT2D eigenvalue weighted by Crippen LogP contribution is 2.32. The van der Waals surface area contributed by atoms with Crippen LogP contribution in [0.15, 0.2) is 40.5 Å². The summed E-state index contributed by atoms with van der Waals surface area (Å²) in [6.07, 6.45) is 5.10. The van der Waals surface area contributed by atoms with E-state index in [1.165, 1.54) is 16.5 Å². The number of carbonyl (C=O) groups excluding carboxylic acids is 1. The lowest BCUT2D eigenvalue weighted by Gasteiger charge is -2.26. The monoisotopic (exact) mass is 429 g/mol. The molecular formula is C20H20BrN3OS. The van der Waals surface area contributed by atoms with Crippen LogP contribution in [0, 0.1) is 0 Å². The van der Waals surface area contributed by atoms with E-state index in [2.05, 4.69) is 70.2 Å². The van der Waals surface area contributed by atoms with Crippen molar-refractivity contribution >= 4 is 49.6 Å². The number of fused-ring (bicyclic) bond motifs is 1. The van der Waals surface area contributed by atoms with Gasteiger partial charge < -0.3 is 9.88 Å². The largest absolute Gasteiger partial charge is 0.361 e. The number of benzene rings is 1. The number of halogens is 1. The number of thiazole rings is 1. The van der Waals surface area contributed by atoms with E-state index >= 15 is 0 Å². The van der Waals surface area contributed by atoms with Crippen LogP contribution >= 0.6 is 27.3 Å². The molecule has 0 unspecified atom stereocenters. The molecule has 0 radical (unpaired) electrons. The third-order valence-electron chi connectivity index (χ3n) is 4.79. The Morgan fingerprint density at radius 1 is 1.35 bits per heavy atom. The highest BCUT2D eigenvalue weighted by atomic mass is 79.9. The molecule has 134 valence electrons. The molecule has 0 aliphatic carbocycles. The molecule has 6 heteroatoms. The van der Waals surface area contributed by atoms with Crippen LogP contribution in [0.2, 0.25) is 0 Å². The van der Waals surface area contributed by atoms with Crippen LogP contribution in [-0.4, -0.2) is 33.9 Å². The molecule has 0 atom stereocenters. The highest BCUT2D eigenvalue weighted by Gasteiger charge is 2.26. The number of nitrogens with one attached hydrogen (secondary N) is 1. The minimum absolute atomic E-state index is 0.0323. The van der Waals surface area contributed by atoms with Crippen molar-refractivity contribution in [3.05, 3.63) is 56.6 Å². The van der Waals surface area contributed by atoms with Gasteiger partial charge in [-0.15, -0.1) is 11.3 Å². The van der Waals surface area contributed by atoms with Gasteiger partial charge in [0.2, 0.25) is 0 Å². The molecule has 4 rings (SSSR count). The number of H-pyrrole nitrogens is 1. The molecule has 1 aromatic carbocycles. The predicted octanol–water partition coefficient (Wildman–Crippen LogP) is 5.44. The molecule has 4 nitrogen and oxygen atoms in total. The van der Waals surface area contributed by atoms with Crippen molar-refractivity contribution in [3.63, 3.8) is 0 Å². The Labute approximate surface area is 165 Å².